The van der Waals surface area contributed by atoms with Crippen molar-refractivity contribution in [1.29, 1.82) is 0 Å². The number of thioether (sulfide) groups is 1. The maximum Gasteiger partial charge on any atom is 0.573 e. The van der Waals surface area contributed by atoms with Gasteiger partial charge in [0.05, 0.1) is 11.2 Å². The smallest absolute Gasteiger partial charge is 0.406 e. The van der Waals surface area contributed by atoms with Gasteiger partial charge < -0.3 is 15.0 Å². The van der Waals surface area contributed by atoms with Gasteiger partial charge in [-0.3, -0.25) is 0 Å². The van der Waals surface area contributed by atoms with Crippen LogP contribution in [-0.4, -0.2) is 44.1 Å². The Labute approximate surface area is 258 Å². The molecule has 1 unspecified atom stereocenters. The monoisotopic (exact) mass is 622 g/mol. The highest BCUT2D eigenvalue weighted by Gasteiger charge is 2.31. The van der Waals surface area contributed by atoms with E-state index >= 15 is 0 Å². The lowest BCUT2D eigenvalue weighted by Gasteiger charge is -2.37. The number of ether oxygens (including phenoxy) is 1. The number of carbonyl (C=O) groups is 1. The van der Waals surface area contributed by atoms with Gasteiger partial charge in [-0.2, -0.15) is 4.99 Å². The minimum atomic E-state index is -4.76. The number of aliphatic imine (C=N–C) groups is 1. The summed E-state index contributed by atoms with van der Waals surface area (Å²) in [5.41, 5.74) is 3.71. The molecule has 1 N–H and O–H groups in total. The third kappa shape index (κ3) is 7.24. The molecule has 230 valence electrons. The molecule has 1 atom stereocenters. The zero-order valence-electron chi connectivity index (χ0n) is 24.8. The molecule has 1 fully saturated rings. The lowest BCUT2D eigenvalue weighted by molar-refractivity contribution is -0.274. The number of alkyl halides is 3. The molecule has 12 heteroatoms. The summed E-state index contributed by atoms with van der Waals surface area (Å²) in [6, 6.07) is 20.9. The number of nitrogens with one attached hydrogen (secondary N) is 1. The molecule has 5 rings (SSSR count). The predicted octanol–water partition coefficient (Wildman–Crippen LogP) is 7.73. The molecule has 2 heterocycles. The molecule has 2 amide bonds. The van der Waals surface area contributed by atoms with Crippen LogP contribution >= 0.6 is 11.8 Å². The highest BCUT2D eigenvalue weighted by atomic mass is 32.2. The second kappa shape index (κ2) is 12.7. The number of urea groups is 1. The molecule has 3 aromatic carbocycles. The Hall–Kier alpha value is -4.32. The van der Waals surface area contributed by atoms with Gasteiger partial charge in [-0.25, -0.2) is 14.5 Å². The summed E-state index contributed by atoms with van der Waals surface area (Å²) in [5, 5.41) is 8.21. The summed E-state index contributed by atoms with van der Waals surface area (Å²) in [5.74, 6) is 1.02. The summed E-state index contributed by atoms with van der Waals surface area (Å²) in [7, 11) is 0. The van der Waals surface area contributed by atoms with Crippen LogP contribution in [-0.2, 0) is 12.0 Å². The Kier molecular flexibility index (Phi) is 9.00. The van der Waals surface area contributed by atoms with Crippen molar-refractivity contribution >= 4 is 28.6 Å². The van der Waals surface area contributed by atoms with Crippen molar-refractivity contribution in [2.75, 3.05) is 10.7 Å². The number of amides is 2. The fraction of sp³-hybridized carbons (Fsp3) is 0.312. The van der Waals surface area contributed by atoms with Gasteiger partial charge in [0.2, 0.25) is 0 Å². The zero-order chi connectivity index (χ0) is 31.5. The average Bonchev–Trinajstić information content (AvgIpc) is 3.47. The second-order valence-corrected chi connectivity index (χ2v) is 12.0. The van der Waals surface area contributed by atoms with E-state index in [0.29, 0.717) is 16.7 Å². The molecule has 0 saturated carbocycles. The first-order valence-corrected chi connectivity index (χ1v) is 15.2. The quantitative estimate of drug-likeness (QED) is 0.227. The van der Waals surface area contributed by atoms with E-state index in [0.717, 1.165) is 35.4 Å². The first-order valence-electron chi connectivity index (χ1n) is 14.2. The van der Waals surface area contributed by atoms with Gasteiger partial charge in [-0.05, 0) is 75.1 Å². The number of carbonyl (C=O) groups excluding carboxylic acids is 1. The summed E-state index contributed by atoms with van der Waals surface area (Å²) >= 11 is 1.59. The van der Waals surface area contributed by atoms with Crippen LogP contribution in [0.2, 0.25) is 0 Å². The number of aromatic nitrogens is 3. The van der Waals surface area contributed by atoms with E-state index in [2.05, 4.69) is 56.0 Å². The van der Waals surface area contributed by atoms with Gasteiger partial charge in [0.15, 0.2) is 11.0 Å². The maximum atomic E-state index is 13.2. The summed E-state index contributed by atoms with van der Waals surface area (Å²) in [4.78, 5) is 24.3. The van der Waals surface area contributed by atoms with Crippen LogP contribution in [0.25, 0.3) is 17.1 Å². The normalized spacial score (nSPS) is 16.7. The van der Waals surface area contributed by atoms with Crippen LogP contribution in [0.1, 0.15) is 45.2 Å². The topological polar surface area (TPSA) is 84.6 Å². The van der Waals surface area contributed by atoms with Gasteiger partial charge in [0.25, 0.3) is 0 Å². The number of amidine groups is 1. The van der Waals surface area contributed by atoms with E-state index in [1.165, 1.54) is 40.8 Å². The fourth-order valence-electron chi connectivity index (χ4n) is 4.99. The number of halogens is 3. The van der Waals surface area contributed by atoms with Crippen LogP contribution in [0.3, 0.4) is 0 Å². The van der Waals surface area contributed by atoms with Crippen molar-refractivity contribution in [3.8, 4) is 22.8 Å². The van der Waals surface area contributed by atoms with E-state index in [1.807, 2.05) is 50.2 Å². The van der Waals surface area contributed by atoms with Crippen LogP contribution < -0.4 is 15.0 Å². The Morgan fingerprint density at radius 2 is 1.77 bits per heavy atom. The van der Waals surface area contributed by atoms with Gasteiger partial charge in [-0.1, -0.05) is 61.2 Å². The van der Waals surface area contributed by atoms with Crippen LogP contribution in [0.5, 0.6) is 5.75 Å². The van der Waals surface area contributed by atoms with Crippen LogP contribution in [0.4, 0.5) is 23.7 Å². The summed E-state index contributed by atoms with van der Waals surface area (Å²) in [6.45, 7) is 8.12. The molecule has 0 aliphatic carbocycles. The van der Waals surface area contributed by atoms with Crippen LogP contribution in [0, 0.1) is 0 Å². The van der Waals surface area contributed by atoms with Crippen molar-refractivity contribution in [3.63, 3.8) is 0 Å². The molecule has 0 radical (unpaired) electrons. The average molecular weight is 623 g/mol. The number of anilines is 1. The number of para-hydroxylation sites is 1. The van der Waals surface area contributed by atoms with E-state index in [4.69, 9.17) is 0 Å². The first-order chi connectivity index (χ1) is 20.9. The molecule has 0 spiro atoms. The van der Waals surface area contributed by atoms with Crippen molar-refractivity contribution in [1.82, 2.24) is 20.1 Å². The van der Waals surface area contributed by atoms with Gasteiger partial charge in [0, 0.05) is 23.0 Å². The first kappa shape index (κ1) is 31.1. The van der Waals surface area contributed by atoms with Gasteiger partial charge in [0.1, 0.15) is 12.1 Å². The van der Waals surface area contributed by atoms with Crippen molar-refractivity contribution < 1.29 is 22.7 Å². The number of benzene rings is 3. The Bertz CT molecular complexity index is 1630. The number of hydrogen-bond acceptors (Lipinski definition) is 5. The summed E-state index contributed by atoms with van der Waals surface area (Å²) < 4.78 is 42.7. The molecule has 1 saturated heterocycles. The SMILES string of the molecule is CCc1ccccc1N1C(=NC(=O)NC(C)(C)c2ccc(-c3ncn(-c4ccc(OC(F)(F)F)cc4)n3)cc2)SCCC1C. The molecular formula is C32H33F3N6O2S. The van der Waals surface area contributed by atoms with E-state index < -0.39 is 17.9 Å². The standard InChI is InChI=1S/C32H33F3N6O2S/c1-5-22-8-6-7-9-27(22)41-21(2)18-19-44-30(41)37-29(42)38-31(3,4)24-12-10-23(11-13-24)28-36-20-40(39-28)25-14-16-26(17-15-25)43-32(33,34)35/h6-17,20-21H,5,18-19H2,1-4H3,(H,38,42). The lowest BCUT2D eigenvalue weighted by Crippen LogP contribution is -2.44. The number of rotatable bonds is 7. The summed E-state index contributed by atoms with van der Waals surface area (Å²) in [6.07, 6.45) is -1.39. The molecule has 1 aliphatic heterocycles. The largest absolute Gasteiger partial charge is 0.573 e. The molecule has 1 aliphatic rings. The zero-order valence-corrected chi connectivity index (χ0v) is 25.6. The number of nitrogens with zero attached hydrogens (tertiary/aromatic N) is 5. The highest BCUT2D eigenvalue weighted by Crippen LogP contribution is 2.32. The third-order valence-electron chi connectivity index (χ3n) is 7.35. The number of aryl methyl sites for hydroxylation is 1. The van der Waals surface area contributed by atoms with Crippen molar-refractivity contribution in [3.05, 3.63) is 90.3 Å². The van der Waals surface area contributed by atoms with Crippen molar-refractivity contribution in [2.24, 2.45) is 4.99 Å². The molecule has 44 heavy (non-hydrogen) atoms. The second-order valence-electron chi connectivity index (χ2n) is 10.9. The van der Waals surface area contributed by atoms with E-state index in [-0.39, 0.29) is 11.8 Å². The predicted molar refractivity (Wildman–Crippen MR) is 167 cm³/mol. The van der Waals surface area contributed by atoms with Gasteiger partial charge in [-0.15, -0.1) is 18.3 Å². The van der Waals surface area contributed by atoms with E-state index in [1.54, 1.807) is 11.8 Å². The lowest BCUT2D eigenvalue weighted by atomic mass is 9.93. The third-order valence-corrected chi connectivity index (χ3v) is 8.34. The Morgan fingerprint density at radius 1 is 1.07 bits per heavy atom. The van der Waals surface area contributed by atoms with E-state index in [9.17, 15) is 18.0 Å². The Morgan fingerprint density at radius 3 is 2.45 bits per heavy atom. The van der Waals surface area contributed by atoms with Crippen LogP contribution in [0.15, 0.2) is 84.1 Å². The van der Waals surface area contributed by atoms with Crippen molar-refractivity contribution in [2.45, 2.75) is 58.5 Å². The Balaban J connectivity index is 1.28. The molecule has 4 aromatic rings. The maximum absolute atomic E-state index is 13.2. The highest BCUT2D eigenvalue weighted by molar-refractivity contribution is 8.14. The minimum absolute atomic E-state index is 0.218. The molecule has 0 bridgehead atoms. The molecule has 8 nitrogen and oxygen atoms in total. The number of hydrogen-bond donors (Lipinski definition) is 1. The fourth-order valence-corrected chi connectivity index (χ4v) is 6.20. The van der Waals surface area contributed by atoms with Gasteiger partial charge >= 0.3 is 12.4 Å². The minimum Gasteiger partial charge on any atom is -0.406 e. The molecule has 1 aromatic heterocycles. The molecular weight excluding hydrogens is 589 g/mol.